The van der Waals surface area contributed by atoms with Crippen LogP contribution in [0.1, 0.15) is 19.8 Å². The number of hydrogen-bond donors (Lipinski definition) is 2. The van der Waals surface area contributed by atoms with E-state index >= 15 is 0 Å². The van der Waals surface area contributed by atoms with E-state index in [0.717, 1.165) is 0 Å². The van der Waals surface area contributed by atoms with Crippen molar-refractivity contribution in [2.45, 2.75) is 19.8 Å². The molecule has 2 heterocycles. The molecule has 1 aromatic rings. The molecule has 0 saturated carbocycles. The Labute approximate surface area is 151 Å². The molecule has 0 aliphatic carbocycles. The van der Waals surface area contributed by atoms with Crippen molar-refractivity contribution in [2.75, 3.05) is 49.6 Å². The minimum atomic E-state index is -0.828. The first-order chi connectivity index (χ1) is 12.4. The number of benzene rings is 1. The Hall–Kier alpha value is -2.35. The van der Waals surface area contributed by atoms with Gasteiger partial charge in [0.25, 0.3) is 0 Å². The molecule has 0 bridgehead atoms. The third-order valence-electron chi connectivity index (χ3n) is 5.22. The predicted octanol–water partition coefficient (Wildman–Crippen LogP) is 2.38. The SMILES string of the molecule is CC1(C(=O)O)CCN(C(=O)Nc2ccc(F)c(N3CCOCC3)c2)CC1. The molecule has 0 unspecified atom stereocenters. The predicted molar refractivity (Wildman–Crippen MR) is 95.0 cm³/mol. The maximum absolute atomic E-state index is 14.1. The van der Waals surface area contributed by atoms with Gasteiger partial charge in [0.2, 0.25) is 0 Å². The van der Waals surface area contributed by atoms with Crippen LogP contribution >= 0.6 is 0 Å². The van der Waals surface area contributed by atoms with Crippen LogP contribution in [-0.2, 0) is 9.53 Å². The van der Waals surface area contributed by atoms with Crippen molar-refractivity contribution in [3.05, 3.63) is 24.0 Å². The number of carbonyl (C=O) groups excluding carboxylic acids is 1. The molecular formula is C18H24FN3O4. The largest absolute Gasteiger partial charge is 0.481 e. The number of nitrogens with one attached hydrogen (secondary N) is 1. The average molecular weight is 365 g/mol. The number of carbonyl (C=O) groups is 2. The number of amides is 2. The number of ether oxygens (including phenoxy) is 1. The number of urea groups is 1. The number of aliphatic carboxylic acids is 1. The number of morpholine rings is 1. The summed E-state index contributed by atoms with van der Waals surface area (Å²) in [5.74, 6) is -1.16. The summed E-state index contributed by atoms with van der Waals surface area (Å²) in [6.07, 6.45) is 0.830. The van der Waals surface area contributed by atoms with E-state index in [4.69, 9.17) is 4.74 Å². The van der Waals surface area contributed by atoms with Gasteiger partial charge in [0.15, 0.2) is 0 Å². The van der Waals surface area contributed by atoms with Gasteiger partial charge in [0.1, 0.15) is 5.82 Å². The summed E-state index contributed by atoms with van der Waals surface area (Å²) in [7, 11) is 0. The maximum Gasteiger partial charge on any atom is 0.321 e. The van der Waals surface area contributed by atoms with E-state index in [-0.39, 0.29) is 11.8 Å². The van der Waals surface area contributed by atoms with Crippen molar-refractivity contribution in [1.82, 2.24) is 4.90 Å². The fourth-order valence-electron chi connectivity index (χ4n) is 3.26. The Morgan fingerprint density at radius 1 is 1.19 bits per heavy atom. The lowest BCUT2D eigenvalue weighted by molar-refractivity contribution is -0.150. The molecule has 2 aliphatic heterocycles. The number of carboxylic acid groups (broad SMARTS) is 1. The highest BCUT2D eigenvalue weighted by Crippen LogP contribution is 2.31. The summed E-state index contributed by atoms with van der Waals surface area (Å²) in [5.41, 5.74) is 0.184. The third-order valence-corrected chi connectivity index (χ3v) is 5.22. The molecule has 142 valence electrons. The Bertz CT molecular complexity index is 683. The summed E-state index contributed by atoms with van der Waals surface area (Å²) >= 11 is 0. The quantitative estimate of drug-likeness (QED) is 0.859. The molecule has 2 amide bonds. The summed E-state index contributed by atoms with van der Waals surface area (Å²) in [5, 5.41) is 12.1. The first-order valence-corrected chi connectivity index (χ1v) is 8.81. The molecule has 8 heteroatoms. The van der Waals surface area contributed by atoms with E-state index in [0.29, 0.717) is 63.6 Å². The fraction of sp³-hybridized carbons (Fsp3) is 0.556. The number of rotatable bonds is 3. The Balaban J connectivity index is 1.64. The van der Waals surface area contributed by atoms with Crippen molar-refractivity contribution in [3.8, 4) is 0 Å². The molecule has 2 aliphatic rings. The average Bonchev–Trinajstić information content (AvgIpc) is 2.64. The Kier molecular flexibility index (Phi) is 5.31. The standard InChI is InChI=1S/C18H24FN3O4/c1-18(16(23)24)4-6-22(7-5-18)17(25)20-13-2-3-14(19)15(12-13)21-8-10-26-11-9-21/h2-3,12H,4-11H2,1H3,(H,20,25)(H,23,24). The molecule has 7 nitrogen and oxygen atoms in total. The van der Waals surface area contributed by atoms with Crippen molar-refractivity contribution < 1.29 is 23.8 Å². The van der Waals surface area contributed by atoms with Gasteiger partial charge in [-0.25, -0.2) is 9.18 Å². The lowest BCUT2D eigenvalue weighted by Crippen LogP contribution is -2.46. The topological polar surface area (TPSA) is 82.1 Å². The molecule has 0 aromatic heterocycles. The molecule has 2 saturated heterocycles. The second-order valence-corrected chi connectivity index (χ2v) is 7.05. The molecule has 2 N–H and O–H groups in total. The van der Waals surface area contributed by atoms with Crippen LogP contribution in [0.2, 0.25) is 0 Å². The molecular weight excluding hydrogens is 341 g/mol. The Morgan fingerprint density at radius 2 is 1.85 bits per heavy atom. The molecule has 26 heavy (non-hydrogen) atoms. The van der Waals surface area contributed by atoms with Gasteiger partial charge < -0.3 is 25.0 Å². The summed E-state index contributed by atoms with van der Waals surface area (Å²) in [6.45, 7) is 4.78. The lowest BCUT2D eigenvalue weighted by Gasteiger charge is -2.36. The minimum absolute atomic E-state index is 0.294. The molecule has 1 aromatic carbocycles. The first kappa shape index (κ1) is 18.4. The van der Waals surface area contributed by atoms with E-state index in [2.05, 4.69) is 5.32 Å². The second-order valence-electron chi connectivity index (χ2n) is 7.05. The summed E-state index contributed by atoms with van der Waals surface area (Å²) in [4.78, 5) is 27.3. The number of halogens is 1. The van der Waals surface area contributed by atoms with Gasteiger partial charge in [-0.1, -0.05) is 0 Å². The van der Waals surface area contributed by atoms with Crippen molar-refractivity contribution in [3.63, 3.8) is 0 Å². The van der Waals surface area contributed by atoms with Crippen LogP contribution in [0.3, 0.4) is 0 Å². The van der Waals surface area contributed by atoms with Crippen molar-refractivity contribution >= 4 is 23.4 Å². The Morgan fingerprint density at radius 3 is 2.46 bits per heavy atom. The van der Waals surface area contributed by atoms with Crippen LogP contribution in [0.4, 0.5) is 20.6 Å². The van der Waals surface area contributed by atoms with Crippen LogP contribution in [0.5, 0.6) is 0 Å². The van der Waals surface area contributed by atoms with Gasteiger partial charge in [-0.05, 0) is 38.0 Å². The van der Waals surface area contributed by atoms with Crippen LogP contribution in [0.25, 0.3) is 0 Å². The van der Waals surface area contributed by atoms with Crippen LogP contribution < -0.4 is 10.2 Å². The molecule has 2 fully saturated rings. The molecule has 3 rings (SSSR count). The van der Waals surface area contributed by atoms with Gasteiger partial charge in [0, 0.05) is 31.9 Å². The normalized spacial score (nSPS) is 19.9. The zero-order valence-electron chi connectivity index (χ0n) is 14.8. The number of anilines is 2. The molecule has 0 radical (unpaired) electrons. The smallest absolute Gasteiger partial charge is 0.321 e. The maximum atomic E-state index is 14.1. The second kappa shape index (κ2) is 7.49. The molecule has 0 spiro atoms. The monoisotopic (exact) mass is 365 g/mol. The highest BCUT2D eigenvalue weighted by atomic mass is 19.1. The lowest BCUT2D eigenvalue weighted by atomic mass is 9.80. The van der Waals surface area contributed by atoms with E-state index in [1.165, 1.54) is 12.1 Å². The van der Waals surface area contributed by atoms with Crippen LogP contribution in [-0.4, -0.2) is 61.4 Å². The van der Waals surface area contributed by atoms with Gasteiger partial charge in [0.05, 0.1) is 24.3 Å². The first-order valence-electron chi connectivity index (χ1n) is 8.81. The van der Waals surface area contributed by atoms with Gasteiger partial charge in [-0.2, -0.15) is 0 Å². The number of hydrogen-bond acceptors (Lipinski definition) is 4. The van der Waals surface area contributed by atoms with E-state index in [1.54, 1.807) is 17.9 Å². The van der Waals surface area contributed by atoms with Gasteiger partial charge in [-0.15, -0.1) is 0 Å². The van der Waals surface area contributed by atoms with Crippen LogP contribution in [0, 0.1) is 11.2 Å². The van der Waals surface area contributed by atoms with E-state index in [1.807, 2.05) is 4.90 Å². The third kappa shape index (κ3) is 3.90. The van der Waals surface area contributed by atoms with Gasteiger partial charge in [-0.3, -0.25) is 4.79 Å². The zero-order chi connectivity index (χ0) is 18.7. The van der Waals surface area contributed by atoms with Crippen LogP contribution in [0.15, 0.2) is 18.2 Å². The highest BCUT2D eigenvalue weighted by Gasteiger charge is 2.38. The van der Waals surface area contributed by atoms with Crippen molar-refractivity contribution in [2.24, 2.45) is 5.41 Å². The number of carboxylic acids is 1. The van der Waals surface area contributed by atoms with E-state index < -0.39 is 11.4 Å². The fourth-order valence-corrected chi connectivity index (χ4v) is 3.26. The summed E-state index contributed by atoms with van der Waals surface area (Å²) in [6, 6.07) is 4.21. The van der Waals surface area contributed by atoms with Gasteiger partial charge >= 0.3 is 12.0 Å². The highest BCUT2D eigenvalue weighted by molar-refractivity contribution is 5.90. The zero-order valence-corrected chi connectivity index (χ0v) is 14.8. The van der Waals surface area contributed by atoms with Crippen molar-refractivity contribution in [1.29, 1.82) is 0 Å². The van der Waals surface area contributed by atoms with E-state index in [9.17, 15) is 19.1 Å². The number of likely N-dealkylation sites (tertiary alicyclic amines) is 1. The number of piperidine rings is 1. The minimum Gasteiger partial charge on any atom is -0.481 e. The molecule has 0 atom stereocenters. The summed E-state index contributed by atoms with van der Waals surface area (Å²) < 4.78 is 19.4. The number of nitrogens with zero attached hydrogens (tertiary/aromatic N) is 2.